The first-order chi connectivity index (χ1) is 11.2. The van der Waals surface area contributed by atoms with E-state index in [-0.39, 0.29) is 6.10 Å². The summed E-state index contributed by atoms with van der Waals surface area (Å²) in [6, 6.07) is 0. The zero-order chi connectivity index (χ0) is 17.2. The zero-order valence-corrected chi connectivity index (χ0v) is 18.0. The van der Waals surface area contributed by atoms with E-state index in [9.17, 15) is 5.11 Å². The second kappa shape index (κ2) is 18.8. The molecule has 0 aromatic heterocycles. The van der Waals surface area contributed by atoms with E-state index in [2.05, 4.69) is 42.5 Å². The number of aliphatic hydroxyl groups is 1. The Kier molecular flexibility index (Phi) is 19.1. The molecule has 0 fully saturated rings. The monoisotopic (exact) mass is 436 g/mol. The Morgan fingerprint density at radius 3 is 2.04 bits per heavy atom. The van der Waals surface area contributed by atoms with Gasteiger partial charge in [-0.1, -0.05) is 112 Å². The van der Waals surface area contributed by atoms with Crippen molar-refractivity contribution in [3.05, 3.63) is 11.6 Å². The van der Waals surface area contributed by atoms with Gasteiger partial charge >= 0.3 is 0 Å². The lowest BCUT2D eigenvalue weighted by Crippen LogP contribution is -2.08. The van der Waals surface area contributed by atoms with Gasteiger partial charge in [0, 0.05) is 4.43 Å². The number of unbranched alkanes of at least 4 members (excludes halogenated alkanes) is 9. The van der Waals surface area contributed by atoms with Gasteiger partial charge in [0.2, 0.25) is 0 Å². The smallest absolute Gasteiger partial charge is 0.0577 e. The van der Waals surface area contributed by atoms with Crippen molar-refractivity contribution in [3.8, 4) is 0 Å². The molecule has 0 aliphatic carbocycles. The number of aliphatic hydroxyl groups excluding tert-OH is 1. The van der Waals surface area contributed by atoms with E-state index in [1.807, 2.05) is 0 Å². The van der Waals surface area contributed by atoms with Crippen LogP contribution in [0.3, 0.4) is 0 Å². The highest BCUT2D eigenvalue weighted by Crippen LogP contribution is 2.20. The average molecular weight is 436 g/mol. The SMILES string of the molecule is CCCCCCCCC/C(=C/CCI)CC(O)CCCCCC. The van der Waals surface area contributed by atoms with Crippen molar-refractivity contribution in [2.75, 3.05) is 4.43 Å². The van der Waals surface area contributed by atoms with Gasteiger partial charge in [-0.2, -0.15) is 0 Å². The van der Waals surface area contributed by atoms with Crippen LogP contribution >= 0.6 is 22.6 Å². The van der Waals surface area contributed by atoms with Crippen molar-refractivity contribution in [1.29, 1.82) is 0 Å². The first kappa shape index (κ1) is 23.4. The minimum Gasteiger partial charge on any atom is -0.393 e. The molecule has 1 N–H and O–H groups in total. The number of hydrogen-bond donors (Lipinski definition) is 1. The third-order valence-corrected chi connectivity index (χ3v) is 5.16. The fraction of sp³-hybridized carbons (Fsp3) is 0.905. The zero-order valence-electron chi connectivity index (χ0n) is 15.8. The molecule has 0 heterocycles. The molecule has 0 saturated carbocycles. The van der Waals surface area contributed by atoms with Crippen molar-refractivity contribution < 1.29 is 5.11 Å². The van der Waals surface area contributed by atoms with Crippen LogP contribution < -0.4 is 0 Å². The predicted molar refractivity (Wildman–Crippen MR) is 114 cm³/mol. The fourth-order valence-corrected chi connectivity index (χ4v) is 3.38. The Bertz CT molecular complexity index is 263. The molecule has 0 aromatic rings. The standard InChI is InChI=1S/C21H41IO/c1-3-5-7-9-10-11-12-15-20(16-14-18-22)19-21(23)17-13-8-6-4-2/h16,21,23H,3-15,17-19H2,1-2H3/b20-16-. The van der Waals surface area contributed by atoms with Crippen molar-refractivity contribution in [2.45, 2.75) is 116 Å². The summed E-state index contributed by atoms with van der Waals surface area (Å²) in [6.07, 6.45) is 21.2. The van der Waals surface area contributed by atoms with Gasteiger partial charge in [0.15, 0.2) is 0 Å². The second-order valence-electron chi connectivity index (χ2n) is 6.92. The maximum atomic E-state index is 10.3. The lowest BCUT2D eigenvalue weighted by molar-refractivity contribution is 0.159. The largest absolute Gasteiger partial charge is 0.393 e. The first-order valence-corrected chi connectivity index (χ1v) is 11.7. The van der Waals surface area contributed by atoms with E-state index in [4.69, 9.17) is 0 Å². The van der Waals surface area contributed by atoms with Gasteiger partial charge < -0.3 is 5.11 Å². The van der Waals surface area contributed by atoms with Gasteiger partial charge in [-0.3, -0.25) is 0 Å². The Morgan fingerprint density at radius 1 is 0.870 bits per heavy atom. The minimum atomic E-state index is -0.114. The molecule has 0 rings (SSSR count). The molecular weight excluding hydrogens is 395 g/mol. The number of allylic oxidation sites excluding steroid dienone is 1. The highest BCUT2D eigenvalue weighted by molar-refractivity contribution is 14.1. The highest BCUT2D eigenvalue weighted by Gasteiger charge is 2.07. The molecule has 0 saturated heterocycles. The molecule has 1 nitrogen and oxygen atoms in total. The molecular formula is C21H41IO. The predicted octanol–water partition coefficient (Wildman–Crippen LogP) is 7.60. The van der Waals surface area contributed by atoms with Crippen LogP contribution in [-0.4, -0.2) is 15.6 Å². The van der Waals surface area contributed by atoms with Crippen LogP contribution in [0.25, 0.3) is 0 Å². The molecule has 2 heteroatoms. The average Bonchev–Trinajstić information content (AvgIpc) is 2.55. The molecule has 1 atom stereocenters. The van der Waals surface area contributed by atoms with Crippen LogP contribution in [0.5, 0.6) is 0 Å². The van der Waals surface area contributed by atoms with Crippen molar-refractivity contribution in [3.63, 3.8) is 0 Å². The summed E-state index contributed by atoms with van der Waals surface area (Å²) in [6.45, 7) is 4.52. The minimum absolute atomic E-state index is 0.114. The van der Waals surface area contributed by atoms with Gasteiger partial charge in [0.1, 0.15) is 0 Å². The highest BCUT2D eigenvalue weighted by atomic mass is 127. The molecule has 0 aliphatic heterocycles. The maximum Gasteiger partial charge on any atom is 0.0577 e. The second-order valence-corrected chi connectivity index (χ2v) is 8.00. The molecule has 0 spiro atoms. The lowest BCUT2D eigenvalue weighted by atomic mass is 9.97. The first-order valence-electron chi connectivity index (χ1n) is 10.2. The number of halogens is 1. The van der Waals surface area contributed by atoms with Crippen molar-refractivity contribution in [1.82, 2.24) is 0 Å². The summed E-state index contributed by atoms with van der Waals surface area (Å²) in [5, 5.41) is 10.3. The van der Waals surface area contributed by atoms with Crippen LogP contribution in [0.2, 0.25) is 0 Å². The van der Waals surface area contributed by atoms with Crippen LogP contribution in [0.15, 0.2) is 11.6 Å². The quantitative estimate of drug-likeness (QED) is 0.108. The van der Waals surface area contributed by atoms with Crippen molar-refractivity contribution >= 4 is 22.6 Å². The lowest BCUT2D eigenvalue weighted by Gasteiger charge is -2.14. The summed E-state index contributed by atoms with van der Waals surface area (Å²) >= 11 is 2.44. The molecule has 0 aliphatic rings. The van der Waals surface area contributed by atoms with Crippen LogP contribution in [0.4, 0.5) is 0 Å². The van der Waals surface area contributed by atoms with Gasteiger partial charge in [0.05, 0.1) is 6.10 Å². The number of rotatable bonds is 17. The third-order valence-electron chi connectivity index (χ3n) is 4.53. The summed E-state index contributed by atoms with van der Waals surface area (Å²) < 4.78 is 1.19. The fourth-order valence-electron chi connectivity index (χ4n) is 3.07. The Morgan fingerprint density at radius 2 is 1.43 bits per heavy atom. The molecule has 0 bridgehead atoms. The molecule has 0 radical (unpaired) electrons. The van der Waals surface area contributed by atoms with E-state index >= 15 is 0 Å². The van der Waals surface area contributed by atoms with Crippen LogP contribution in [0, 0.1) is 0 Å². The van der Waals surface area contributed by atoms with Gasteiger partial charge in [-0.25, -0.2) is 0 Å². The Hall–Kier alpha value is 0.430. The van der Waals surface area contributed by atoms with E-state index in [0.717, 1.165) is 19.3 Å². The van der Waals surface area contributed by atoms with Gasteiger partial charge in [0.25, 0.3) is 0 Å². The van der Waals surface area contributed by atoms with Gasteiger partial charge in [-0.15, -0.1) is 0 Å². The van der Waals surface area contributed by atoms with Crippen LogP contribution in [0.1, 0.15) is 110 Å². The normalized spacial score (nSPS) is 13.5. The molecule has 0 amide bonds. The van der Waals surface area contributed by atoms with Gasteiger partial charge in [-0.05, 0) is 32.1 Å². The van der Waals surface area contributed by atoms with Crippen LogP contribution in [-0.2, 0) is 0 Å². The number of alkyl halides is 1. The Balaban J connectivity index is 3.88. The molecule has 23 heavy (non-hydrogen) atoms. The summed E-state index contributed by atoms with van der Waals surface area (Å²) in [7, 11) is 0. The van der Waals surface area contributed by atoms with E-state index < -0.39 is 0 Å². The summed E-state index contributed by atoms with van der Waals surface area (Å²) in [5.41, 5.74) is 1.51. The molecule has 1 unspecified atom stereocenters. The third kappa shape index (κ3) is 17.1. The maximum absolute atomic E-state index is 10.3. The Labute approximate surface area is 159 Å². The molecule has 0 aromatic carbocycles. The molecule has 138 valence electrons. The van der Waals surface area contributed by atoms with E-state index in [1.165, 1.54) is 87.1 Å². The van der Waals surface area contributed by atoms with E-state index in [0.29, 0.717) is 0 Å². The van der Waals surface area contributed by atoms with E-state index in [1.54, 1.807) is 0 Å². The number of hydrogen-bond acceptors (Lipinski definition) is 1. The van der Waals surface area contributed by atoms with Crippen molar-refractivity contribution in [2.24, 2.45) is 0 Å². The topological polar surface area (TPSA) is 20.2 Å². The summed E-state index contributed by atoms with van der Waals surface area (Å²) in [4.78, 5) is 0. The summed E-state index contributed by atoms with van der Waals surface area (Å²) in [5.74, 6) is 0.